The van der Waals surface area contributed by atoms with E-state index >= 15 is 9.59 Å². The molecule has 0 radical (unpaired) electrons. The van der Waals surface area contributed by atoms with Crippen LogP contribution in [-0.4, -0.2) is 25.0 Å². The van der Waals surface area contributed by atoms with E-state index in [1.165, 1.54) is 108 Å². The van der Waals surface area contributed by atoms with Crippen molar-refractivity contribution < 1.29 is 19.1 Å². The summed E-state index contributed by atoms with van der Waals surface area (Å²) in [5.74, 6) is -0.155. The van der Waals surface area contributed by atoms with Crippen LogP contribution < -0.4 is 19.3 Å². The predicted molar refractivity (Wildman–Crippen MR) is 272 cm³/mol. The Kier molecular flexibility index (Phi) is 22.5. The van der Waals surface area contributed by atoms with Crippen LogP contribution in [-0.2, 0) is 20.4 Å². The molecule has 0 atom stereocenters. The molecule has 0 spiro atoms. The highest BCUT2D eigenvalue weighted by molar-refractivity contribution is 6.47. The van der Waals surface area contributed by atoms with Gasteiger partial charge in [0.1, 0.15) is 0 Å². The fourth-order valence-electron chi connectivity index (χ4n) is 8.61. The van der Waals surface area contributed by atoms with Gasteiger partial charge in [0.05, 0.1) is 18.9 Å². The summed E-state index contributed by atoms with van der Waals surface area (Å²) in [6.45, 7) is 18.9. The van der Waals surface area contributed by atoms with Crippen molar-refractivity contribution in [3.05, 3.63) is 108 Å². The molecule has 4 aromatic rings. The molecule has 0 unspecified atom stereocenters. The Bertz CT molecular complexity index is 1870. The van der Waals surface area contributed by atoms with E-state index in [1.54, 1.807) is 4.90 Å². The van der Waals surface area contributed by atoms with E-state index < -0.39 is 11.8 Å². The Morgan fingerprint density at radius 3 is 1.11 bits per heavy atom. The van der Waals surface area contributed by atoms with E-state index in [0.29, 0.717) is 47.5 Å². The highest BCUT2D eigenvalue weighted by Crippen LogP contribution is 2.51. The van der Waals surface area contributed by atoms with Crippen LogP contribution in [0.1, 0.15) is 195 Å². The zero-order valence-corrected chi connectivity index (χ0v) is 41.3. The average Bonchev–Trinajstić information content (AvgIpc) is 3.28. The number of rotatable bonds is 28. The molecule has 2 amide bonds. The molecule has 0 saturated carbocycles. The second-order valence-electron chi connectivity index (χ2n) is 19.8. The molecule has 4 aromatic carbocycles. The first-order chi connectivity index (χ1) is 30.9. The minimum Gasteiger partial charge on any atom is -0.489 e. The van der Waals surface area contributed by atoms with Crippen LogP contribution in [0.4, 0.5) is 22.7 Å². The smallest absolute Gasteiger partial charge is 0.321 e. The molecule has 6 heteroatoms. The summed E-state index contributed by atoms with van der Waals surface area (Å²) >= 11 is 0. The van der Waals surface area contributed by atoms with Gasteiger partial charge in [0.25, 0.3) is 0 Å². The zero-order valence-electron chi connectivity index (χ0n) is 41.3. The Balaban J connectivity index is 1.78. The van der Waals surface area contributed by atoms with Crippen LogP contribution in [0.2, 0.25) is 0 Å². The van der Waals surface area contributed by atoms with Crippen LogP contribution in [0.3, 0.4) is 0 Å². The average molecular weight is 873 g/mol. The van der Waals surface area contributed by atoms with Crippen LogP contribution in [0.15, 0.2) is 97.1 Å². The van der Waals surface area contributed by atoms with Crippen molar-refractivity contribution in [2.45, 2.75) is 195 Å². The van der Waals surface area contributed by atoms with Gasteiger partial charge in [0.2, 0.25) is 0 Å². The van der Waals surface area contributed by atoms with Crippen molar-refractivity contribution in [3.8, 4) is 11.5 Å². The number of hydrogen-bond donors (Lipinski definition) is 0. The van der Waals surface area contributed by atoms with E-state index in [9.17, 15) is 0 Å². The van der Waals surface area contributed by atoms with Gasteiger partial charge in [-0.15, -0.1) is 0 Å². The first-order valence-electron chi connectivity index (χ1n) is 25.2. The van der Waals surface area contributed by atoms with Crippen LogP contribution >= 0.6 is 0 Å². The van der Waals surface area contributed by atoms with E-state index in [-0.39, 0.29) is 10.8 Å². The summed E-state index contributed by atoms with van der Waals surface area (Å²) in [7, 11) is 0. The number of carbonyl (C=O) groups excluding carboxylic acids is 2. The second kappa shape index (κ2) is 27.7. The Labute approximate surface area is 389 Å². The summed E-state index contributed by atoms with van der Waals surface area (Å²) in [6.07, 6.45) is 24.6. The van der Waals surface area contributed by atoms with Crippen LogP contribution in [0, 0.1) is 0 Å². The van der Waals surface area contributed by atoms with Crippen LogP contribution in [0.5, 0.6) is 11.5 Å². The topological polar surface area (TPSA) is 59.1 Å². The van der Waals surface area contributed by atoms with E-state index in [4.69, 9.17) is 9.47 Å². The lowest BCUT2D eigenvalue weighted by molar-refractivity contribution is -0.135. The molecule has 0 bridgehead atoms. The number of hydrogen-bond acceptors (Lipinski definition) is 4. The van der Waals surface area contributed by atoms with Gasteiger partial charge in [-0.2, -0.15) is 0 Å². The number of ether oxygens (including phenoxy) is 2. The van der Waals surface area contributed by atoms with Gasteiger partial charge in [0, 0.05) is 22.6 Å². The molecule has 0 N–H and O–H groups in total. The lowest BCUT2D eigenvalue weighted by Crippen LogP contribution is -2.42. The van der Waals surface area contributed by atoms with Gasteiger partial charge in [-0.1, -0.05) is 226 Å². The van der Waals surface area contributed by atoms with Crippen molar-refractivity contribution in [1.82, 2.24) is 0 Å². The SMILES string of the molecule is CCCCCCCCCCCCOc1c(N(C(=O)C(=O)N(c2ccccc2)c2ccccc2)c2ccccc2)cc(C(C)(C)C)c(C(C)(C)C)c1OCCCCCCCCCCCC. The fraction of sp³-hybridized carbons (Fsp3) is 0.552. The maximum atomic E-state index is 15.4. The molecular formula is C58H84N2O4. The number of amides is 2. The first-order valence-corrected chi connectivity index (χ1v) is 25.2. The van der Waals surface area contributed by atoms with Gasteiger partial charge in [0.15, 0.2) is 11.5 Å². The van der Waals surface area contributed by atoms with Gasteiger partial charge in [-0.05, 0) is 71.7 Å². The Hall–Kier alpha value is -4.58. The summed E-state index contributed by atoms with van der Waals surface area (Å²) in [6, 6.07) is 30.5. The summed E-state index contributed by atoms with van der Waals surface area (Å²) in [4.78, 5) is 33.5. The maximum absolute atomic E-state index is 15.4. The predicted octanol–water partition coefficient (Wildman–Crippen LogP) is 16.9. The van der Waals surface area contributed by atoms with Gasteiger partial charge in [-0.25, -0.2) is 0 Å². The molecule has 0 aliphatic heterocycles. The first kappa shape index (κ1) is 52.0. The highest BCUT2D eigenvalue weighted by atomic mass is 16.5. The monoisotopic (exact) mass is 873 g/mol. The molecule has 0 saturated heterocycles. The van der Waals surface area contributed by atoms with Crippen LogP contribution in [0.25, 0.3) is 0 Å². The van der Waals surface area contributed by atoms with Crippen molar-refractivity contribution in [2.75, 3.05) is 23.0 Å². The third-order valence-corrected chi connectivity index (χ3v) is 12.1. The van der Waals surface area contributed by atoms with E-state index in [0.717, 1.165) is 36.8 Å². The summed E-state index contributed by atoms with van der Waals surface area (Å²) in [5.41, 5.74) is 3.80. The van der Waals surface area contributed by atoms with E-state index in [2.05, 4.69) is 61.5 Å². The molecule has 0 heterocycles. The number of para-hydroxylation sites is 3. The third kappa shape index (κ3) is 16.4. The standard InChI is InChI=1S/C58H84N2O4/c1-9-11-13-15-17-19-21-23-25-36-44-63-53-51(46-50(57(3,4)5)52(58(6,7)8)54(53)64-45-37-26-24-22-20-18-16-14-12-10-2)60(49-42-34-29-35-43-49)56(62)55(61)59(47-38-30-27-31-39-47)48-40-32-28-33-41-48/h27-35,38-43,46H,9-26,36-37,44-45H2,1-8H3. The largest absolute Gasteiger partial charge is 0.489 e. The molecule has 6 nitrogen and oxygen atoms in total. The molecular weight excluding hydrogens is 789 g/mol. The van der Waals surface area contributed by atoms with Crippen molar-refractivity contribution in [3.63, 3.8) is 0 Å². The van der Waals surface area contributed by atoms with Crippen molar-refractivity contribution in [2.24, 2.45) is 0 Å². The normalized spacial score (nSPS) is 11.7. The number of benzene rings is 4. The third-order valence-electron chi connectivity index (χ3n) is 12.1. The molecule has 64 heavy (non-hydrogen) atoms. The Morgan fingerprint density at radius 1 is 0.422 bits per heavy atom. The number of anilines is 4. The number of unbranched alkanes of at least 4 members (excludes halogenated alkanes) is 18. The van der Waals surface area contributed by atoms with E-state index in [1.807, 2.05) is 91.0 Å². The maximum Gasteiger partial charge on any atom is 0.321 e. The van der Waals surface area contributed by atoms with Crippen molar-refractivity contribution >= 4 is 34.6 Å². The molecule has 0 aliphatic rings. The second-order valence-corrected chi connectivity index (χ2v) is 19.8. The minimum atomic E-state index is -0.688. The molecule has 4 rings (SSSR count). The van der Waals surface area contributed by atoms with Gasteiger partial charge in [-0.3, -0.25) is 19.4 Å². The lowest BCUT2D eigenvalue weighted by Gasteiger charge is -2.36. The zero-order chi connectivity index (χ0) is 46.2. The summed E-state index contributed by atoms with van der Waals surface area (Å²) in [5, 5.41) is 0. The molecule has 0 fully saturated rings. The van der Waals surface area contributed by atoms with Gasteiger partial charge < -0.3 is 9.47 Å². The lowest BCUT2D eigenvalue weighted by atomic mass is 9.74. The highest BCUT2D eigenvalue weighted by Gasteiger charge is 2.38. The number of carbonyl (C=O) groups is 2. The molecule has 0 aliphatic carbocycles. The van der Waals surface area contributed by atoms with Gasteiger partial charge >= 0.3 is 11.8 Å². The van der Waals surface area contributed by atoms with Crippen molar-refractivity contribution in [1.29, 1.82) is 0 Å². The Morgan fingerprint density at radius 2 is 0.750 bits per heavy atom. The molecule has 350 valence electrons. The molecule has 0 aromatic heterocycles. The minimum absolute atomic E-state index is 0.321. The number of nitrogens with zero attached hydrogens (tertiary/aromatic N) is 2. The quantitative estimate of drug-likeness (QED) is 0.0421. The fourth-order valence-corrected chi connectivity index (χ4v) is 8.61. The summed E-state index contributed by atoms with van der Waals surface area (Å²) < 4.78 is 14.1.